The van der Waals surface area contributed by atoms with E-state index >= 15 is 0 Å². The van der Waals surface area contributed by atoms with Gasteiger partial charge in [-0.1, -0.05) is 18.2 Å². The third kappa shape index (κ3) is 4.03. The first kappa shape index (κ1) is 23.4. The van der Waals surface area contributed by atoms with Gasteiger partial charge in [0.25, 0.3) is 0 Å². The quantitative estimate of drug-likeness (QED) is 0.375. The number of hydrogen-bond donors (Lipinski definition) is 1. The third-order valence-corrected chi connectivity index (χ3v) is 6.31. The maximum Gasteiger partial charge on any atom is 0.349 e. The van der Waals surface area contributed by atoms with Gasteiger partial charge < -0.3 is 9.84 Å². The molecule has 2 atom stereocenters. The van der Waals surface area contributed by atoms with Crippen LogP contribution in [0, 0.1) is 11.6 Å². The monoisotopic (exact) mass is 492 g/mol. The zero-order valence-electron chi connectivity index (χ0n) is 19.4. The van der Waals surface area contributed by atoms with Crippen molar-refractivity contribution in [1.82, 2.24) is 28.9 Å². The Morgan fingerprint density at radius 2 is 1.86 bits per heavy atom. The Kier molecular flexibility index (Phi) is 5.84. The Hall–Kier alpha value is -4.38. The molecule has 184 valence electrons. The lowest BCUT2D eigenvalue weighted by molar-refractivity contribution is -0.0390. The summed E-state index contributed by atoms with van der Waals surface area (Å²) < 4.78 is 37.5. The van der Waals surface area contributed by atoms with Gasteiger partial charge in [0.1, 0.15) is 35.6 Å². The van der Waals surface area contributed by atoms with Gasteiger partial charge in [-0.3, -0.25) is 4.40 Å². The summed E-state index contributed by atoms with van der Waals surface area (Å²) in [5, 5.41) is 20.1. The molecule has 2 aromatic carbocycles. The fourth-order valence-electron chi connectivity index (χ4n) is 4.28. The zero-order chi connectivity index (χ0) is 25.4. The molecule has 9 nitrogen and oxygen atoms in total. The standard InChI is InChI=1S/C25H22F2N6O3/c1-16(25(35,13-31-15-28-14-30-31)22-8-5-19(26)10-23(22)27)33-24(34)32-12-18(9-20(32)11-29-33)17-3-6-21(36-2)7-4-17/h3-12,14-16,35H,13H2,1-2H3. The van der Waals surface area contributed by atoms with E-state index in [9.17, 15) is 18.7 Å². The van der Waals surface area contributed by atoms with Crippen LogP contribution in [0.1, 0.15) is 18.5 Å². The molecule has 0 radical (unpaired) electrons. The molecule has 36 heavy (non-hydrogen) atoms. The van der Waals surface area contributed by atoms with Gasteiger partial charge >= 0.3 is 5.69 Å². The molecule has 0 aliphatic rings. The van der Waals surface area contributed by atoms with Gasteiger partial charge in [-0.15, -0.1) is 0 Å². The van der Waals surface area contributed by atoms with E-state index in [1.165, 1.54) is 34.9 Å². The number of rotatable bonds is 7. The van der Waals surface area contributed by atoms with E-state index in [1.807, 2.05) is 30.3 Å². The van der Waals surface area contributed by atoms with Crippen molar-refractivity contribution in [2.75, 3.05) is 7.11 Å². The molecule has 0 amide bonds. The maximum absolute atomic E-state index is 14.9. The van der Waals surface area contributed by atoms with Gasteiger partial charge in [-0.25, -0.2) is 27.9 Å². The molecule has 0 aliphatic heterocycles. The second-order valence-corrected chi connectivity index (χ2v) is 8.44. The number of ether oxygens (including phenoxy) is 1. The molecular weight excluding hydrogens is 470 g/mol. The summed E-state index contributed by atoms with van der Waals surface area (Å²) in [4.78, 5) is 17.3. The summed E-state index contributed by atoms with van der Waals surface area (Å²) in [7, 11) is 1.58. The van der Waals surface area contributed by atoms with Crippen molar-refractivity contribution >= 4 is 5.52 Å². The van der Waals surface area contributed by atoms with Crippen molar-refractivity contribution in [1.29, 1.82) is 0 Å². The molecule has 0 aliphatic carbocycles. The number of fused-ring (bicyclic) bond motifs is 1. The van der Waals surface area contributed by atoms with Crippen LogP contribution < -0.4 is 10.4 Å². The van der Waals surface area contributed by atoms with Gasteiger partial charge in [0.2, 0.25) is 0 Å². The van der Waals surface area contributed by atoms with Gasteiger partial charge in [0.15, 0.2) is 0 Å². The molecule has 5 aromatic rings. The van der Waals surface area contributed by atoms with Crippen LogP contribution >= 0.6 is 0 Å². The first-order valence-corrected chi connectivity index (χ1v) is 11.0. The van der Waals surface area contributed by atoms with Crippen molar-refractivity contribution in [3.8, 4) is 16.9 Å². The van der Waals surface area contributed by atoms with Crippen LogP contribution in [0.2, 0.25) is 0 Å². The Morgan fingerprint density at radius 1 is 1.08 bits per heavy atom. The highest BCUT2D eigenvalue weighted by Crippen LogP contribution is 2.36. The minimum absolute atomic E-state index is 0.202. The SMILES string of the molecule is COc1ccc(-c2cc3cnn(C(C)C(O)(Cn4cncn4)c4ccc(F)cc4F)c(=O)n3c2)cc1. The molecule has 0 spiro atoms. The smallest absolute Gasteiger partial charge is 0.349 e. The van der Waals surface area contributed by atoms with E-state index in [0.717, 1.165) is 27.9 Å². The molecule has 1 N–H and O–H groups in total. The van der Waals surface area contributed by atoms with Crippen molar-refractivity contribution in [2.24, 2.45) is 0 Å². The summed E-state index contributed by atoms with van der Waals surface area (Å²) in [5.41, 5.74) is -0.574. The predicted octanol–water partition coefficient (Wildman–Crippen LogP) is 3.19. The summed E-state index contributed by atoms with van der Waals surface area (Å²) in [5.74, 6) is -1.04. The van der Waals surface area contributed by atoms with E-state index in [1.54, 1.807) is 13.3 Å². The molecule has 0 saturated heterocycles. The van der Waals surface area contributed by atoms with Crippen molar-refractivity contribution in [3.63, 3.8) is 0 Å². The molecular formula is C25H22F2N6O3. The second-order valence-electron chi connectivity index (χ2n) is 8.44. The predicted molar refractivity (Wildman–Crippen MR) is 126 cm³/mol. The number of aromatic nitrogens is 6. The van der Waals surface area contributed by atoms with Crippen LogP contribution in [0.25, 0.3) is 16.6 Å². The Morgan fingerprint density at radius 3 is 2.53 bits per heavy atom. The molecule has 0 saturated carbocycles. The lowest BCUT2D eigenvalue weighted by atomic mass is 9.86. The van der Waals surface area contributed by atoms with Crippen LogP contribution in [0.4, 0.5) is 8.78 Å². The number of aliphatic hydroxyl groups is 1. The third-order valence-electron chi connectivity index (χ3n) is 6.31. The highest BCUT2D eigenvalue weighted by molar-refractivity contribution is 5.70. The zero-order valence-corrected chi connectivity index (χ0v) is 19.4. The number of methoxy groups -OCH3 is 1. The fraction of sp³-hybridized carbons (Fsp3) is 0.200. The number of halogens is 2. The van der Waals surface area contributed by atoms with E-state index in [4.69, 9.17) is 4.74 Å². The Balaban J connectivity index is 1.60. The molecule has 0 bridgehead atoms. The van der Waals surface area contributed by atoms with E-state index in [-0.39, 0.29) is 12.1 Å². The topological polar surface area (TPSA) is 99.5 Å². The molecule has 5 rings (SSSR count). The largest absolute Gasteiger partial charge is 0.497 e. The maximum atomic E-state index is 14.9. The second kappa shape index (κ2) is 9.00. The Bertz CT molecular complexity index is 1580. The average Bonchev–Trinajstić information content (AvgIpc) is 3.54. The Labute approximate surface area is 203 Å². The minimum Gasteiger partial charge on any atom is -0.497 e. The van der Waals surface area contributed by atoms with Gasteiger partial charge in [-0.2, -0.15) is 10.2 Å². The normalized spacial score (nSPS) is 14.0. The summed E-state index contributed by atoms with van der Waals surface area (Å²) in [6.45, 7) is 1.28. The average molecular weight is 492 g/mol. The highest BCUT2D eigenvalue weighted by atomic mass is 19.1. The van der Waals surface area contributed by atoms with E-state index in [2.05, 4.69) is 15.2 Å². The van der Waals surface area contributed by atoms with Gasteiger partial charge in [0, 0.05) is 23.4 Å². The highest BCUT2D eigenvalue weighted by Gasteiger charge is 2.41. The van der Waals surface area contributed by atoms with Crippen LogP contribution in [0.5, 0.6) is 5.75 Å². The molecule has 11 heteroatoms. The van der Waals surface area contributed by atoms with Gasteiger partial charge in [-0.05, 0) is 36.8 Å². The number of nitrogens with zero attached hydrogens (tertiary/aromatic N) is 6. The number of benzene rings is 2. The lowest BCUT2D eigenvalue weighted by Gasteiger charge is -2.34. The van der Waals surface area contributed by atoms with Crippen molar-refractivity contribution < 1.29 is 18.6 Å². The minimum atomic E-state index is -2.03. The first-order chi connectivity index (χ1) is 17.3. The summed E-state index contributed by atoms with van der Waals surface area (Å²) in [6, 6.07) is 11.0. The summed E-state index contributed by atoms with van der Waals surface area (Å²) in [6.07, 6.45) is 5.77. The van der Waals surface area contributed by atoms with Crippen LogP contribution in [0.3, 0.4) is 0 Å². The van der Waals surface area contributed by atoms with Crippen LogP contribution in [0.15, 0.2) is 78.4 Å². The number of hydrogen-bond acceptors (Lipinski definition) is 6. The molecule has 3 heterocycles. The van der Waals surface area contributed by atoms with Crippen molar-refractivity contribution in [3.05, 3.63) is 101 Å². The lowest BCUT2D eigenvalue weighted by Crippen LogP contribution is -2.45. The van der Waals surface area contributed by atoms with Crippen LogP contribution in [-0.4, -0.2) is 41.2 Å². The first-order valence-electron chi connectivity index (χ1n) is 11.0. The fourth-order valence-corrected chi connectivity index (χ4v) is 4.28. The van der Waals surface area contributed by atoms with Crippen molar-refractivity contribution in [2.45, 2.75) is 25.1 Å². The van der Waals surface area contributed by atoms with Gasteiger partial charge in [0.05, 0.1) is 31.4 Å². The molecule has 3 aromatic heterocycles. The van der Waals surface area contributed by atoms with Crippen LogP contribution in [-0.2, 0) is 12.1 Å². The molecule has 2 unspecified atom stereocenters. The van der Waals surface area contributed by atoms with E-state index in [0.29, 0.717) is 17.3 Å². The molecule has 0 fully saturated rings. The summed E-state index contributed by atoms with van der Waals surface area (Å²) >= 11 is 0. The van der Waals surface area contributed by atoms with E-state index < -0.39 is 29.0 Å².